The lowest BCUT2D eigenvalue weighted by atomic mass is 10.2. The number of nitrogens with one attached hydrogen (secondary N) is 1. The average Bonchev–Trinajstić information content (AvgIpc) is 3.25. The van der Waals surface area contributed by atoms with E-state index in [0.717, 1.165) is 17.7 Å². The van der Waals surface area contributed by atoms with E-state index in [4.69, 9.17) is 9.47 Å². The molecule has 0 aliphatic heterocycles. The highest BCUT2D eigenvalue weighted by Gasteiger charge is 2.30. The molecule has 178 valence electrons. The molecule has 0 fully saturated rings. The number of aromatic nitrogens is 4. The van der Waals surface area contributed by atoms with Gasteiger partial charge in [0.2, 0.25) is 15.9 Å². The summed E-state index contributed by atoms with van der Waals surface area (Å²) in [4.78, 5) is -0.284. The molecular formula is C21H18F3N5O4S. The first-order valence-corrected chi connectivity index (χ1v) is 11.3. The van der Waals surface area contributed by atoms with Crippen LogP contribution in [0.1, 0.15) is 5.56 Å². The molecular weight excluding hydrogens is 475 g/mol. The minimum Gasteiger partial charge on any atom is -0.497 e. The maximum atomic E-state index is 12.7. The van der Waals surface area contributed by atoms with E-state index in [2.05, 4.69) is 20.0 Å². The highest BCUT2D eigenvalue weighted by molar-refractivity contribution is 7.89. The largest absolute Gasteiger partial charge is 0.497 e. The lowest BCUT2D eigenvalue weighted by molar-refractivity contribution is -0.137. The quantitative estimate of drug-likeness (QED) is 0.376. The Labute approximate surface area is 192 Å². The third kappa shape index (κ3) is 5.10. The van der Waals surface area contributed by atoms with Crippen molar-refractivity contribution in [1.29, 1.82) is 0 Å². The molecule has 2 aromatic heterocycles. The number of alkyl halides is 3. The lowest BCUT2D eigenvalue weighted by Gasteiger charge is -2.10. The molecule has 0 radical (unpaired) electrons. The van der Waals surface area contributed by atoms with E-state index < -0.39 is 21.8 Å². The Kier molecular flexibility index (Phi) is 6.39. The topological polar surface area (TPSA) is 108 Å². The molecule has 13 heteroatoms. The van der Waals surface area contributed by atoms with Crippen molar-refractivity contribution in [2.45, 2.75) is 11.1 Å². The van der Waals surface area contributed by atoms with E-state index in [0.29, 0.717) is 29.4 Å². The van der Waals surface area contributed by atoms with Crippen LogP contribution in [0, 0.1) is 0 Å². The van der Waals surface area contributed by atoms with Crippen LogP contribution in [0.5, 0.6) is 11.6 Å². The van der Waals surface area contributed by atoms with Crippen molar-refractivity contribution in [2.24, 2.45) is 0 Å². The molecule has 2 aromatic carbocycles. The van der Waals surface area contributed by atoms with Crippen LogP contribution in [0.15, 0.2) is 65.6 Å². The van der Waals surface area contributed by atoms with Gasteiger partial charge in [0.05, 0.1) is 17.6 Å². The van der Waals surface area contributed by atoms with Gasteiger partial charge in [-0.3, -0.25) is 0 Å². The van der Waals surface area contributed by atoms with E-state index in [1.54, 1.807) is 43.5 Å². The maximum absolute atomic E-state index is 12.7. The van der Waals surface area contributed by atoms with Crippen LogP contribution < -0.4 is 14.2 Å². The van der Waals surface area contributed by atoms with Gasteiger partial charge in [0.1, 0.15) is 12.4 Å². The molecule has 1 N–H and O–H groups in total. The van der Waals surface area contributed by atoms with Crippen LogP contribution >= 0.6 is 0 Å². The Morgan fingerprint density at radius 2 is 1.68 bits per heavy atom. The van der Waals surface area contributed by atoms with Gasteiger partial charge < -0.3 is 9.47 Å². The summed E-state index contributed by atoms with van der Waals surface area (Å²) in [5.41, 5.74) is 0.308. The maximum Gasteiger partial charge on any atom is 0.416 e. The Hall–Kier alpha value is -3.71. The van der Waals surface area contributed by atoms with Crippen molar-refractivity contribution in [3.05, 3.63) is 66.2 Å². The number of halogens is 3. The van der Waals surface area contributed by atoms with Crippen LogP contribution in [0.2, 0.25) is 0 Å². The molecule has 4 aromatic rings. The van der Waals surface area contributed by atoms with Crippen molar-refractivity contribution in [2.75, 3.05) is 20.3 Å². The average molecular weight is 493 g/mol. The first-order chi connectivity index (χ1) is 16.2. The second-order valence-corrected chi connectivity index (χ2v) is 8.73. The van der Waals surface area contributed by atoms with Crippen LogP contribution in [0.25, 0.3) is 17.0 Å². The zero-order valence-electron chi connectivity index (χ0n) is 17.7. The minimum atomic E-state index is -4.55. The van der Waals surface area contributed by atoms with Crippen molar-refractivity contribution >= 4 is 15.7 Å². The summed E-state index contributed by atoms with van der Waals surface area (Å²) in [7, 11) is -2.44. The molecule has 0 saturated carbocycles. The first-order valence-electron chi connectivity index (χ1n) is 9.84. The Morgan fingerprint density at radius 1 is 0.971 bits per heavy atom. The molecule has 9 nitrogen and oxygen atoms in total. The summed E-state index contributed by atoms with van der Waals surface area (Å²) < 4.78 is 77.0. The Bertz CT molecular complexity index is 1390. The molecule has 34 heavy (non-hydrogen) atoms. The normalized spacial score (nSPS) is 12.1. The smallest absolute Gasteiger partial charge is 0.416 e. The third-order valence-electron chi connectivity index (χ3n) is 4.72. The molecule has 0 aliphatic rings. The van der Waals surface area contributed by atoms with Gasteiger partial charge in [0, 0.05) is 18.2 Å². The predicted molar refractivity (Wildman–Crippen MR) is 115 cm³/mol. The summed E-state index contributed by atoms with van der Waals surface area (Å²) in [6, 6.07) is 13.6. The number of benzene rings is 2. The molecule has 2 heterocycles. The number of sulfonamides is 1. The molecule has 0 saturated heterocycles. The number of fused-ring (bicyclic) bond motifs is 1. The molecule has 0 atom stereocenters. The highest BCUT2D eigenvalue weighted by atomic mass is 32.2. The fraction of sp³-hybridized carbons (Fsp3) is 0.190. The second kappa shape index (κ2) is 9.27. The van der Waals surface area contributed by atoms with Gasteiger partial charge in [-0.1, -0.05) is 0 Å². The summed E-state index contributed by atoms with van der Waals surface area (Å²) in [6.45, 7) is -0.199. The Morgan fingerprint density at radius 3 is 2.32 bits per heavy atom. The Balaban J connectivity index is 1.40. The second-order valence-electron chi connectivity index (χ2n) is 6.96. The number of ether oxygens (including phenoxy) is 2. The molecule has 0 bridgehead atoms. The van der Waals surface area contributed by atoms with Gasteiger partial charge in [0.25, 0.3) is 0 Å². The van der Waals surface area contributed by atoms with Crippen LogP contribution in [-0.4, -0.2) is 48.5 Å². The highest BCUT2D eigenvalue weighted by Crippen LogP contribution is 2.29. The number of rotatable bonds is 8. The van der Waals surface area contributed by atoms with Crippen molar-refractivity contribution in [3.8, 4) is 23.0 Å². The zero-order chi connectivity index (χ0) is 24.3. The number of nitrogens with zero attached hydrogens (tertiary/aromatic N) is 4. The summed E-state index contributed by atoms with van der Waals surface area (Å²) >= 11 is 0. The monoisotopic (exact) mass is 493 g/mol. The van der Waals surface area contributed by atoms with Gasteiger partial charge in [-0.25, -0.2) is 13.1 Å². The zero-order valence-corrected chi connectivity index (χ0v) is 18.5. The number of methoxy groups -OCH3 is 1. The van der Waals surface area contributed by atoms with Crippen molar-refractivity contribution < 1.29 is 31.1 Å². The van der Waals surface area contributed by atoms with E-state index in [-0.39, 0.29) is 23.9 Å². The molecule has 0 aliphatic carbocycles. The fourth-order valence-corrected chi connectivity index (χ4v) is 4.02. The molecule has 4 rings (SSSR count). The van der Waals surface area contributed by atoms with E-state index in [9.17, 15) is 21.6 Å². The van der Waals surface area contributed by atoms with Gasteiger partial charge >= 0.3 is 6.18 Å². The van der Waals surface area contributed by atoms with Crippen LogP contribution in [-0.2, 0) is 16.2 Å². The molecule has 0 spiro atoms. The van der Waals surface area contributed by atoms with Crippen molar-refractivity contribution in [3.63, 3.8) is 0 Å². The van der Waals surface area contributed by atoms with Crippen molar-refractivity contribution in [1.82, 2.24) is 24.5 Å². The predicted octanol–water partition coefficient (Wildman–Crippen LogP) is 3.18. The van der Waals surface area contributed by atoms with E-state index in [1.165, 1.54) is 4.52 Å². The van der Waals surface area contributed by atoms with E-state index in [1.807, 2.05) is 0 Å². The lowest BCUT2D eigenvalue weighted by Crippen LogP contribution is -2.28. The molecule has 0 amide bonds. The first kappa shape index (κ1) is 23.4. The number of hydrogen-bond acceptors (Lipinski definition) is 7. The summed E-state index contributed by atoms with van der Waals surface area (Å²) in [5.74, 6) is 1.37. The summed E-state index contributed by atoms with van der Waals surface area (Å²) in [6.07, 6.45) is -4.55. The SMILES string of the molecule is COc1ccc(-c2nnc3ccc(OCCNS(=O)(=O)c4ccc(C(F)(F)F)cc4)nn23)cc1. The number of hydrogen-bond donors (Lipinski definition) is 1. The molecule has 0 unspecified atom stereocenters. The van der Waals surface area contributed by atoms with E-state index >= 15 is 0 Å². The van der Waals surface area contributed by atoms with Crippen LogP contribution in [0.4, 0.5) is 13.2 Å². The summed E-state index contributed by atoms with van der Waals surface area (Å²) in [5, 5.41) is 12.5. The van der Waals surface area contributed by atoms with Gasteiger partial charge in [-0.15, -0.1) is 15.3 Å². The van der Waals surface area contributed by atoms with Gasteiger partial charge in [-0.2, -0.15) is 17.7 Å². The fourth-order valence-electron chi connectivity index (χ4n) is 3.01. The third-order valence-corrected chi connectivity index (χ3v) is 6.20. The van der Waals surface area contributed by atoms with Gasteiger partial charge in [0.15, 0.2) is 11.5 Å². The van der Waals surface area contributed by atoms with Crippen LogP contribution in [0.3, 0.4) is 0 Å². The standard InChI is InChI=1S/C21H18F3N5O4S/c1-32-16-6-2-14(3-7-16)20-27-26-18-10-11-19(28-29(18)20)33-13-12-25-34(30,31)17-8-4-15(5-9-17)21(22,23)24/h2-11,25H,12-13H2,1H3. The minimum absolute atomic E-state index is 0.0711. The van der Waals surface area contributed by atoms with Gasteiger partial charge in [-0.05, 0) is 54.6 Å².